The second-order valence-electron chi connectivity index (χ2n) is 12.9. The summed E-state index contributed by atoms with van der Waals surface area (Å²) in [5.74, 6) is 1.31. The fourth-order valence-electron chi connectivity index (χ4n) is 6.36. The highest BCUT2D eigenvalue weighted by molar-refractivity contribution is 5.74. The van der Waals surface area contributed by atoms with Crippen molar-refractivity contribution in [2.45, 2.75) is 95.8 Å². The quantitative estimate of drug-likeness (QED) is 0.228. The molecule has 2 aliphatic carbocycles. The van der Waals surface area contributed by atoms with E-state index in [9.17, 15) is 36.2 Å². The molecule has 0 unspecified atom stereocenters. The molecule has 0 aliphatic heterocycles. The zero-order chi connectivity index (χ0) is 35.0. The summed E-state index contributed by atoms with van der Waals surface area (Å²) >= 11 is 0. The van der Waals surface area contributed by atoms with Crippen molar-refractivity contribution in [1.29, 1.82) is 0 Å². The molecule has 1 aromatic heterocycles. The second-order valence-corrected chi connectivity index (χ2v) is 12.9. The van der Waals surface area contributed by atoms with E-state index in [0.717, 1.165) is 48.1 Å². The first-order valence-electron chi connectivity index (χ1n) is 16.2. The average molecular weight is 679 g/mol. The van der Waals surface area contributed by atoms with Crippen molar-refractivity contribution >= 4 is 6.09 Å². The molecule has 0 radical (unpaired) electrons. The lowest BCUT2D eigenvalue weighted by Gasteiger charge is -2.31. The van der Waals surface area contributed by atoms with Gasteiger partial charge in [0, 0.05) is 29.3 Å². The van der Waals surface area contributed by atoms with Crippen LogP contribution in [0.3, 0.4) is 0 Å². The SMILES string of the molecule is CCN(Cc1nc(C2CC2)ccc1-c1cc([C@H]2CC[C@H](O)[C@@H](C)C2)ccc1OC)C(=O)O[C@@H](C)c1cc(C(F)(F)F)cc(C(F)(F)F)c1. The summed E-state index contributed by atoms with van der Waals surface area (Å²) in [5.41, 5.74) is 0.650. The largest absolute Gasteiger partial charge is 0.496 e. The van der Waals surface area contributed by atoms with Crippen LogP contribution in [0.2, 0.25) is 0 Å². The molecule has 2 saturated carbocycles. The van der Waals surface area contributed by atoms with E-state index in [-0.39, 0.29) is 37.1 Å². The monoisotopic (exact) mass is 678 g/mol. The Morgan fingerprint density at radius 2 is 1.58 bits per heavy atom. The van der Waals surface area contributed by atoms with Gasteiger partial charge in [-0.2, -0.15) is 26.3 Å². The Balaban J connectivity index is 1.45. The smallest absolute Gasteiger partial charge is 0.416 e. The summed E-state index contributed by atoms with van der Waals surface area (Å²) in [4.78, 5) is 19.7. The van der Waals surface area contributed by atoms with Gasteiger partial charge in [-0.3, -0.25) is 4.98 Å². The molecule has 3 aromatic rings. The van der Waals surface area contributed by atoms with Crippen LogP contribution in [0.5, 0.6) is 5.75 Å². The molecule has 48 heavy (non-hydrogen) atoms. The number of halogens is 6. The predicted octanol–water partition coefficient (Wildman–Crippen LogP) is 9.66. The van der Waals surface area contributed by atoms with Crippen LogP contribution in [0.25, 0.3) is 11.1 Å². The molecule has 2 fully saturated rings. The van der Waals surface area contributed by atoms with Crippen LogP contribution in [-0.2, 0) is 23.6 Å². The van der Waals surface area contributed by atoms with Gasteiger partial charge >= 0.3 is 18.4 Å². The third-order valence-electron chi connectivity index (χ3n) is 9.44. The number of pyridine rings is 1. The van der Waals surface area contributed by atoms with Gasteiger partial charge in [-0.1, -0.05) is 19.1 Å². The zero-order valence-electron chi connectivity index (χ0n) is 27.3. The van der Waals surface area contributed by atoms with Crippen LogP contribution in [0.1, 0.15) is 104 Å². The molecule has 0 bridgehead atoms. The molecular formula is C36H40F6N2O4. The Labute approximate surface area is 276 Å². The normalized spacial score (nSPS) is 20.7. The molecule has 0 spiro atoms. The van der Waals surface area contributed by atoms with Crippen molar-refractivity contribution in [1.82, 2.24) is 9.88 Å². The van der Waals surface area contributed by atoms with E-state index in [1.165, 1.54) is 11.8 Å². The maximum Gasteiger partial charge on any atom is 0.416 e. The first kappa shape index (κ1) is 35.5. The fraction of sp³-hybridized carbons (Fsp3) is 0.500. The molecule has 6 nitrogen and oxygen atoms in total. The summed E-state index contributed by atoms with van der Waals surface area (Å²) in [6, 6.07) is 11.1. The molecule has 12 heteroatoms. The number of benzene rings is 2. The minimum absolute atomic E-state index is 0.0195. The molecule has 2 aromatic carbocycles. The van der Waals surface area contributed by atoms with Gasteiger partial charge in [-0.25, -0.2) is 4.79 Å². The number of nitrogens with zero attached hydrogens (tertiary/aromatic N) is 2. The number of carbonyl (C=O) groups excluding carboxylic acids is 1. The summed E-state index contributed by atoms with van der Waals surface area (Å²) in [5, 5.41) is 10.3. The van der Waals surface area contributed by atoms with Gasteiger partial charge in [-0.15, -0.1) is 0 Å². The number of rotatable bonds is 9. The lowest BCUT2D eigenvalue weighted by Crippen LogP contribution is -2.32. The summed E-state index contributed by atoms with van der Waals surface area (Å²) in [7, 11) is 1.57. The third-order valence-corrected chi connectivity index (χ3v) is 9.44. The summed E-state index contributed by atoms with van der Waals surface area (Å²) in [6.07, 6.45) is -8.33. The number of aliphatic hydroxyl groups is 1. The number of aliphatic hydroxyl groups excluding tert-OH is 1. The number of carbonyl (C=O) groups is 1. The summed E-state index contributed by atoms with van der Waals surface area (Å²) < 4.78 is 92.0. The van der Waals surface area contributed by atoms with Crippen LogP contribution >= 0.6 is 0 Å². The minimum atomic E-state index is -5.03. The number of amides is 1. The maximum atomic E-state index is 13.5. The molecule has 1 heterocycles. The first-order chi connectivity index (χ1) is 22.6. The maximum absolute atomic E-state index is 13.5. The van der Waals surface area contributed by atoms with Crippen LogP contribution in [0.15, 0.2) is 48.5 Å². The van der Waals surface area contributed by atoms with E-state index in [0.29, 0.717) is 35.9 Å². The van der Waals surface area contributed by atoms with Gasteiger partial charge < -0.3 is 19.5 Å². The van der Waals surface area contributed by atoms with Gasteiger partial charge in [0.15, 0.2) is 0 Å². The van der Waals surface area contributed by atoms with Crippen LogP contribution in [0.4, 0.5) is 31.1 Å². The number of aromatic nitrogens is 1. The fourth-order valence-corrected chi connectivity index (χ4v) is 6.36. The van der Waals surface area contributed by atoms with Crippen molar-refractivity contribution in [3.63, 3.8) is 0 Å². The van der Waals surface area contributed by atoms with Crippen LogP contribution < -0.4 is 4.74 Å². The molecule has 1 amide bonds. The van der Waals surface area contributed by atoms with Crippen molar-refractivity contribution in [3.05, 3.63) is 82.2 Å². The van der Waals surface area contributed by atoms with Crippen molar-refractivity contribution in [2.75, 3.05) is 13.7 Å². The van der Waals surface area contributed by atoms with E-state index < -0.39 is 41.2 Å². The van der Waals surface area contributed by atoms with E-state index in [4.69, 9.17) is 14.5 Å². The molecular weight excluding hydrogens is 638 g/mol. The topological polar surface area (TPSA) is 71.9 Å². The predicted molar refractivity (Wildman–Crippen MR) is 167 cm³/mol. The zero-order valence-corrected chi connectivity index (χ0v) is 27.3. The number of hydrogen-bond donors (Lipinski definition) is 1. The van der Waals surface area contributed by atoms with Gasteiger partial charge in [-0.05, 0) is 105 Å². The van der Waals surface area contributed by atoms with Crippen molar-refractivity contribution < 1.29 is 45.7 Å². The van der Waals surface area contributed by atoms with Crippen molar-refractivity contribution in [2.24, 2.45) is 5.92 Å². The van der Waals surface area contributed by atoms with Gasteiger partial charge in [0.05, 0.1) is 36.6 Å². The van der Waals surface area contributed by atoms with Crippen LogP contribution in [-0.4, -0.2) is 40.8 Å². The average Bonchev–Trinajstić information content (AvgIpc) is 3.89. The van der Waals surface area contributed by atoms with Gasteiger partial charge in [0.25, 0.3) is 0 Å². The standard InChI is InChI=1S/C36H40F6N2O4/c1-5-44(34(46)48-21(3)25-15-26(35(37,38)39)18-27(16-25)36(40,41)42)19-31-28(10-11-30(43-31)22-6-7-22)29-17-24(9-13-33(29)47-4)23-8-12-32(45)20(2)14-23/h9-11,13,15-18,20-23,32,45H,5-8,12,14,19H2,1-4H3/t20-,21-,23-,32-/m0/s1. The third kappa shape index (κ3) is 8.07. The Morgan fingerprint density at radius 1 is 0.938 bits per heavy atom. The lowest BCUT2D eigenvalue weighted by atomic mass is 9.76. The number of alkyl halides is 6. The molecule has 4 atom stereocenters. The highest BCUT2D eigenvalue weighted by atomic mass is 19.4. The number of hydrogen-bond acceptors (Lipinski definition) is 5. The van der Waals surface area contributed by atoms with E-state index in [2.05, 4.69) is 6.07 Å². The number of methoxy groups -OCH3 is 1. The number of ether oxygens (including phenoxy) is 2. The molecule has 0 saturated heterocycles. The highest BCUT2D eigenvalue weighted by Crippen LogP contribution is 2.43. The van der Waals surface area contributed by atoms with E-state index >= 15 is 0 Å². The Morgan fingerprint density at radius 3 is 2.15 bits per heavy atom. The van der Waals surface area contributed by atoms with Gasteiger partial charge in [0.1, 0.15) is 11.9 Å². The molecule has 5 rings (SSSR count). The molecule has 260 valence electrons. The Hall–Kier alpha value is -3.80. The van der Waals surface area contributed by atoms with Crippen LogP contribution in [0, 0.1) is 5.92 Å². The first-order valence-corrected chi connectivity index (χ1v) is 16.2. The lowest BCUT2D eigenvalue weighted by molar-refractivity contribution is -0.143. The molecule has 1 N–H and O–H groups in total. The second kappa shape index (κ2) is 14.0. The van der Waals surface area contributed by atoms with Crippen molar-refractivity contribution in [3.8, 4) is 16.9 Å². The minimum Gasteiger partial charge on any atom is -0.496 e. The highest BCUT2D eigenvalue weighted by Gasteiger charge is 2.38. The van der Waals surface area contributed by atoms with E-state index in [1.807, 2.05) is 31.2 Å². The Kier molecular flexibility index (Phi) is 10.3. The van der Waals surface area contributed by atoms with Gasteiger partial charge in [0.2, 0.25) is 0 Å². The molecule has 2 aliphatic rings. The van der Waals surface area contributed by atoms with E-state index in [1.54, 1.807) is 14.0 Å². The summed E-state index contributed by atoms with van der Waals surface area (Å²) in [6.45, 7) is 5.09. The Bertz CT molecular complexity index is 1590.